The van der Waals surface area contributed by atoms with Crippen LogP contribution < -0.4 is 5.32 Å². The van der Waals surface area contributed by atoms with Crippen molar-refractivity contribution in [1.29, 1.82) is 0 Å². The zero-order chi connectivity index (χ0) is 15.7. The zero-order valence-corrected chi connectivity index (χ0v) is 14.2. The third kappa shape index (κ3) is 8.73. The van der Waals surface area contributed by atoms with Crippen LogP contribution in [0.15, 0.2) is 0 Å². The Morgan fingerprint density at radius 2 is 2.00 bits per heavy atom. The SMILES string of the molecule is COCC(C)OCC(O)CN(CC(C)C)CC1CCCN1. The van der Waals surface area contributed by atoms with E-state index in [0.29, 0.717) is 31.7 Å². The third-order valence-corrected chi connectivity index (χ3v) is 3.71. The molecule has 0 saturated carbocycles. The molecule has 1 fully saturated rings. The van der Waals surface area contributed by atoms with Crippen LogP contribution in [0.3, 0.4) is 0 Å². The number of ether oxygens (including phenoxy) is 2. The first kappa shape index (κ1) is 18.8. The monoisotopic (exact) mass is 302 g/mol. The second-order valence-electron chi connectivity index (χ2n) is 6.66. The Hall–Kier alpha value is -0.200. The Labute approximate surface area is 130 Å². The topological polar surface area (TPSA) is 54.0 Å². The van der Waals surface area contributed by atoms with E-state index in [2.05, 4.69) is 24.1 Å². The minimum Gasteiger partial charge on any atom is -0.389 e. The zero-order valence-electron chi connectivity index (χ0n) is 14.2. The molecule has 3 atom stereocenters. The largest absolute Gasteiger partial charge is 0.389 e. The number of hydrogen-bond acceptors (Lipinski definition) is 5. The summed E-state index contributed by atoms with van der Waals surface area (Å²) in [5.41, 5.74) is 0. The van der Waals surface area contributed by atoms with Gasteiger partial charge < -0.3 is 19.9 Å². The van der Waals surface area contributed by atoms with Crippen molar-refractivity contribution in [3.05, 3.63) is 0 Å². The Kier molecular flexibility index (Phi) is 9.44. The molecular formula is C16H34N2O3. The van der Waals surface area contributed by atoms with E-state index >= 15 is 0 Å². The average molecular weight is 302 g/mol. The highest BCUT2D eigenvalue weighted by Gasteiger charge is 2.20. The number of nitrogens with zero attached hydrogens (tertiary/aromatic N) is 1. The first-order valence-electron chi connectivity index (χ1n) is 8.25. The molecule has 0 bridgehead atoms. The van der Waals surface area contributed by atoms with Crippen LogP contribution in [-0.4, -0.2) is 74.8 Å². The molecule has 0 aromatic heterocycles. The Morgan fingerprint density at radius 3 is 2.57 bits per heavy atom. The van der Waals surface area contributed by atoms with Crippen molar-refractivity contribution >= 4 is 0 Å². The summed E-state index contributed by atoms with van der Waals surface area (Å²) in [6, 6.07) is 0.573. The summed E-state index contributed by atoms with van der Waals surface area (Å²) in [6.45, 7) is 11.2. The van der Waals surface area contributed by atoms with Gasteiger partial charge in [-0.1, -0.05) is 13.8 Å². The molecule has 5 nitrogen and oxygen atoms in total. The van der Waals surface area contributed by atoms with Crippen molar-refractivity contribution in [2.45, 2.75) is 51.9 Å². The van der Waals surface area contributed by atoms with Crippen LogP contribution in [0.1, 0.15) is 33.6 Å². The average Bonchev–Trinajstić information content (AvgIpc) is 2.88. The molecule has 1 rings (SSSR count). The molecule has 0 aromatic rings. The maximum atomic E-state index is 10.2. The Balaban J connectivity index is 2.32. The van der Waals surface area contributed by atoms with E-state index in [1.54, 1.807) is 7.11 Å². The molecule has 0 spiro atoms. The lowest BCUT2D eigenvalue weighted by Gasteiger charge is -2.29. The molecule has 1 heterocycles. The summed E-state index contributed by atoms with van der Waals surface area (Å²) in [5.74, 6) is 0.604. The second kappa shape index (κ2) is 10.5. The van der Waals surface area contributed by atoms with Gasteiger partial charge in [-0.15, -0.1) is 0 Å². The van der Waals surface area contributed by atoms with E-state index in [1.165, 1.54) is 12.8 Å². The number of aliphatic hydroxyl groups excluding tert-OH is 1. The normalized spacial score (nSPS) is 22.1. The standard InChI is InChI=1S/C16H34N2O3/c1-13(2)8-18(9-15-6-5-7-17-15)10-16(19)12-21-14(3)11-20-4/h13-17,19H,5-12H2,1-4H3. The van der Waals surface area contributed by atoms with Gasteiger partial charge >= 0.3 is 0 Å². The van der Waals surface area contributed by atoms with Crippen LogP contribution in [0.4, 0.5) is 0 Å². The smallest absolute Gasteiger partial charge is 0.0900 e. The Morgan fingerprint density at radius 1 is 1.24 bits per heavy atom. The van der Waals surface area contributed by atoms with E-state index in [0.717, 1.165) is 19.6 Å². The van der Waals surface area contributed by atoms with Crippen molar-refractivity contribution in [3.63, 3.8) is 0 Å². The summed E-state index contributed by atoms with van der Waals surface area (Å²) in [4.78, 5) is 2.36. The summed E-state index contributed by atoms with van der Waals surface area (Å²) in [7, 11) is 1.66. The fraction of sp³-hybridized carbons (Fsp3) is 1.00. The van der Waals surface area contributed by atoms with Gasteiger partial charge in [0.05, 0.1) is 25.4 Å². The van der Waals surface area contributed by atoms with E-state index < -0.39 is 6.10 Å². The van der Waals surface area contributed by atoms with Crippen LogP contribution in [0, 0.1) is 5.92 Å². The number of rotatable bonds is 11. The second-order valence-corrected chi connectivity index (χ2v) is 6.66. The highest BCUT2D eigenvalue weighted by atomic mass is 16.5. The molecule has 3 unspecified atom stereocenters. The fourth-order valence-electron chi connectivity index (χ4n) is 2.87. The molecule has 0 aliphatic carbocycles. The molecule has 126 valence electrons. The molecule has 1 aliphatic rings. The van der Waals surface area contributed by atoms with Crippen molar-refractivity contribution in [2.24, 2.45) is 5.92 Å². The quantitative estimate of drug-likeness (QED) is 0.599. The van der Waals surface area contributed by atoms with Crippen LogP contribution >= 0.6 is 0 Å². The first-order chi connectivity index (χ1) is 10.0. The molecule has 2 N–H and O–H groups in total. The van der Waals surface area contributed by atoms with E-state index in [1.807, 2.05) is 6.92 Å². The van der Waals surface area contributed by atoms with Crippen LogP contribution in [0.5, 0.6) is 0 Å². The molecule has 1 saturated heterocycles. The van der Waals surface area contributed by atoms with E-state index in [9.17, 15) is 5.11 Å². The lowest BCUT2D eigenvalue weighted by atomic mass is 10.1. The van der Waals surface area contributed by atoms with Gasteiger partial charge in [-0.05, 0) is 32.2 Å². The van der Waals surface area contributed by atoms with Gasteiger partial charge in [0, 0.05) is 32.8 Å². The van der Waals surface area contributed by atoms with Crippen LogP contribution in [0.25, 0.3) is 0 Å². The van der Waals surface area contributed by atoms with Gasteiger partial charge in [0.1, 0.15) is 0 Å². The van der Waals surface area contributed by atoms with Gasteiger partial charge in [0.15, 0.2) is 0 Å². The lowest BCUT2D eigenvalue weighted by molar-refractivity contribution is -0.0408. The lowest BCUT2D eigenvalue weighted by Crippen LogP contribution is -2.44. The molecule has 21 heavy (non-hydrogen) atoms. The summed E-state index contributed by atoms with van der Waals surface area (Å²) in [6.07, 6.45) is 2.09. The summed E-state index contributed by atoms with van der Waals surface area (Å²) in [5, 5.41) is 13.7. The summed E-state index contributed by atoms with van der Waals surface area (Å²) >= 11 is 0. The van der Waals surface area contributed by atoms with Crippen molar-refractivity contribution in [1.82, 2.24) is 10.2 Å². The fourth-order valence-corrected chi connectivity index (χ4v) is 2.87. The van der Waals surface area contributed by atoms with Gasteiger partial charge in [-0.2, -0.15) is 0 Å². The van der Waals surface area contributed by atoms with Crippen LogP contribution in [0.2, 0.25) is 0 Å². The van der Waals surface area contributed by atoms with E-state index in [4.69, 9.17) is 9.47 Å². The number of methoxy groups -OCH3 is 1. The van der Waals surface area contributed by atoms with Crippen LogP contribution in [-0.2, 0) is 9.47 Å². The van der Waals surface area contributed by atoms with Gasteiger partial charge in [-0.25, -0.2) is 0 Å². The maximum absolute atomic E-state index is 10.2. The highest BCUT2D eigenvalue weighted by molar-refractivity contribution is 4.79. The van der Waals surface area contributed by atoms with Crippen molar-refractivity contribution in [3.8, 4) is 0 Å². The van der Waals surface area contributed by atoms with Gasteiger partial charge in [0.25, 0.3) is 0 Å². The molecule has 1 aliphatic heterocycles. The Bertz CT molecular complexity index is 258. The number of nitrogens with one attached hydrogen (secondary N) is 1. The van der Waals surface area contributed by atoms with Crippen molar-refractivity contribution in [2.75, 3.05) is 46.5 Å². The van der Waals surface area contributed by atoms with Gasteiger partial charge in [0.2, 0.25) is 0 Å². The van der Waals surface area contributed by atoms with Gasteiger partial charge in [-0.3, -0.25) is 4.90 Å². The molecule has 0 radical (unpaired) electrons. The highest BCUT2D eigenvalue weighted by Crippen LogP contribution is 2.09. The molecule has 0 amide bonds. The predicted molar refractivity (Wildman–Crippen MR) is 85.6 cm³/mol. The number of aliphatic hydroxyl groups is 1. The summed E-state index contributed by atoms with van der Waals surface area (Å²) < 4.78 is 10.6. The first-order valence-corrected chi connectivity index (χ1v) is 8.25. The molecule has 5 heteroatoms. The van der Waals surface area contributed by atoms with Crippen molar-refractivity contribution < 1.29 is 14.6 Å². The number of hydrogen-bond donors (Lipinski definition) is 2. The van der Waals surface area contributed by atoms with E-state index in [-0.39, 0.29) is 6.10 Å². The molecular weight excluding hydrogens is 268 g/mol. The molecule has 0 aromatic carbocycles. The minimum absolute atomic E-state index is 0.0275. The minimum atomic E-state index is -0.440. The predicted octanol–water partition coefficient (Wildman–Crippen LogP) is 1.11. The third-order valence-electron chi connectivity index (χ3n) is 3.71. The maximum Gasteiger partial charge on any atom is 0.0900 e.